The third-order valence-corrected chi connectivity index (χ3v) is 6.12. The second-order valence-electron chi connectivity index (χ2n) is 5.72. The standard InChI is InChI=1S/C14H21N5O2S/c1-10-13-7-12(9-16-14(13)18(3)17-10)22(20,21)19-6-4-5-11(19)8-15-2/h7,9,11,15H,4-6,8H2,1-3H3. The predicted octanol–water partition coefficient (Wildman–Crippen LogP) is 0.649. The maximum Gasteiger partial charge on any atom is 0.244 e. The van der Waals surface area contributed by atoms with Crippen LogP contribution < -0.4 is 5.32 Å². The van der Waals surface area contributed by atoms with Gasteiger partial charge in [-0.25, -0.2) is 13.4 Å². The van der Waals surface area contributed by atoms with Crippen molar-refractivity contribution in [3.05, 3.63) is 18.0 Å². The van der Waals surface area contributed by atoms with Gasteiger partial charge in [0.05, 0.1) is 5.69 Å². The Labute approximate surface area is 130 Å². The van der Waals surface area contributed by atoms with Crippen LogP contribution in [0.25, 0.3) is 11.0 Å². The summed E-state index contributed by atoms with van der Waals surface area (Å²) in [7, 11) is 0.133. The molecule has 1 fully saturated rings. The number of rotatable bonds is 4. The van der Waals surface area contributed by atoms with E-state index in [1.807, 2.05) is 14.0 Å². The van der Waals surface area contributed by atoms with Gasteiger partial charge in [-0.15, -0.1) is 0 Å². The molecule has 1 unspecified atom stereocenters. The minimum Gasteiger partial charge on any atom is -0.318 e. The largest absolute Gasteiger partial charge is 0.318 e. The van der Waals surface area contributed by atoms with Crippen LogP contribution in [0.3, 0.4) is 0 Å². The van der Waals surface area contributed by atoms with Crippen molar-refractivity contribution in [3.63, 3.8) is 0 Å². The van der Waals surface area contributed by atoms with Gasteiger partial charge in [0.15, 0.2) is 5.65 Å². The summed E-state index contributed by atoms with van der Waals surface area (Å²) >= 11 is 0. The molecule has 1 aliphatic rings. The molecule has 0 amide bonds. The highest BCUT2D eigenvalue weighted by molar-refractivity contribution is 7.89. The van der Waals surface area contributed by atoms with Crippen LogP contribution in [-0.4, -0.2) is 53.7 Å². The smallest absolute Gasteiger partial charge is 0.244 e. The Balaban J connectivity index is 2.03. The van der Waals surface area contributed by atoms with Gasteiger partial charge >= 0.3 is 0 Å². The van der Waals surface area contributed by atoms with E-state index in [2.05, 4.69) is 15.4 Å². The Morgan fingerprint density at radius 3 is 2.95 bits per heavy atom. The molecule has 0 saturated carbocycles. The summed E-state index contributed by atoms with van der Waals surface area (Å²) in [6.45, 7) is 3.10. The first-order valence-corrected chi connectivity index (χ1v) is 8.85. The van der Waals surface area contributed by atoms with Crippen LogP contribution >= 0.6 is 0 Å². The van der Waals surface area contributed by atoms with E-state index in [-0.39, 0.29) is 10.9 Å². The van der Waals surface area contributed by atoms with E-state index in [4.69, 9.17) is 0 Å². The first-order valence-electron chi connectivity index (χ1n) is 7.41. The summed E-state index contributed by atoms with van der Waals surface area (Å²) in [6, 6.07) is 1.70. The number of aromatic nitrogens is 3. The lowest BCUT2D eigenvalue weighted by atomic mass is 10.2. The number of nitrogens with one attached hydrogen (secondary N) is 1. The lowest BCUT2D eigenvalue weighted by Crippen LogP contribution is -2.40. The molecule has 3 rings (SSSR count). The van der Waals surface area contributed by atoms with Crippen molar-refractivity contribution in [1.29, 1.82) is 0 Å². The minimum atomic E-state index is -3.52. The second kappa shape index (κ2) is 5.60. The summed E-state index contributed by atoms with van der Waals surface area (Å²) < 4.78 is 29.1. The van der Waals surface area contributed by atoms with E-state index in [1.54, 1.807) is 22.1 Å². The molecular formula is C14H21N5O2S. The molecule has 0 spiro atoms. The third kappa shape index (κ3) is 2.41. The van der Waals surface area contributed by atoms with Crippen LogP contribution in [0.1, 0.15) is 18.5 Å². The summed E-state index contributed by atoms with van der Waals surface area (Å²) in [5.41, 5.74) is 1.49. The fraction of sp³-hybridized carbons (Fsp3) is 0.571. The zero-order valence-electron chi connectivity index (χ0n) is 13.1. The maximum absolute atomic E-state index is 12.9. The lowest BCUT2D eigenvalue weighted by molar-refractivity contribution is 0.379. The number of aryl methyl sites for hydroxylation is 2. The predicted molar refractivity (Wildman–Crippen MR) is 84.1 cm³/mol. The molecular weight excluding hydrogens is 302 g/mol. The molecule has 1 N–H and O–H groups in total. The van der Waals surface area contributed by atoms with Gasteiger partial charge in [0, 0.05) is 37.8 Å². The number of nitrogens with zero attached hydrogens (tertiary/aromatic N) is 4. The lowest BCUT2D eigenvalue weighted by Gasteiger charge is -2.23. The molecule has 0 aromatic carbocycles. The highest BCUT2D eigenvalue weighted by Crippen LogP contribution is 2.27. The molecule has 8 heteroatoms. The molecule has 120 valence electrons. The fourth-order valence-electron chi connectivity index (χ4n) is 3.13. The summed E-state index contributed by atoms with van der Waals surface area (Å²) in [4.78, 5) is 4.54. The zero-order valence-corrected chi connectivity index (χ0v) is 13.9. The molecule has 1 aliphatic heterocycles. The highest BCUT2D eigenvalue weighted by atomic mass is 32.2. The molecule has 2 aromatic rings. The second-order valence-corrected chi connectivity index (χ2v) is 7.61. The van der Waals surface area contributed by atoms with Crippen LogP contribution in [0, 0.1) is 6.92 Å². The van der Waals surface area contributed by atoms with Crippen molar-refractivity contribution in [2.45, 2.75) is 30.7 Å². The summed E-state index contributed by atoms with van der Waals surface area (Å²) in [5, 5.41) is 8.15. The van der Waals surface area contributed by atoms with Gasteiger partial charge in [-0.05, 0) is 32.9 Å². The fourth-order valence-corrected chi connectivity index (χ4v) is 4.80. The van der Waals surface area contributed by atoms with E-state index < -0.39 is 10.0 Å². The van der Waals surface area contributed by atoms with E-state index in [9.17, 15) is 8.42 Å². The average molecular weight is 323 g/mol. The molecule has 3 heterocycles. The first-order chi connectivity index (χ1) is 10.4. The van der Waals surface area contributed by atoms with Crippen molar-refractivity contribution in [1.82, 2.24) is 24.4 Å². The van der Waals surface area contributed by atoms with Crippen molar-refractivity contribution < 1.29 is 8.42 Å². The normalized spacial score (nSPS) is 20.0. The number of fused-ring (bicyclic) bond motifs is 1. The monoisotopic (exact) mass is 323 g/mol. The SMILES string of the molecule is CNCC1CCCN1S(=O)(=O)c1cnc2c(c1)c(C)nn2C. The van der Waals surface area contributed by atoms with E-state index in [0.717, 1.165) is 23.9 Å². The van der Waals surface area contributed by atoms with Crippen LogP contribution in [0.15, 0.2) is 17.2 Å². The van der Waals surface area contributed by atoms with Gasteiger partial charge in [0.2, 0.25) is 10.0 Å². The van der Waals surface area contributed by atoms with Gasteiger partial charge in [0.1, 0.15) is 4.90 Å². The molecule has 1 atom stereocenters. The Morgan fingerprint density at radius 2 is 2.23 bits per heavy atom. The minimum absolute atomic E-state index is 0.0145. The van der Waals surface area contributed by atoms with Crippen molar-refractivity contribution in [3.8, 4) is 0 Å². The number of likely N-dealkylation sites (N-methyl/N-ethyl adjacent to an activating group) is 1. The van der Waals surface area contributed by atoms with Gasteiger partial charge in [-0.1, -0.05) is 0 Å². The topological polar surface area (TPSA) is 80.1 Å². The molecule has 0 bridgehead atoms. The Bertz CT molecular complexity index is 799. The number of hydrogen-bond acceptors (Lipinski definition) is 5. The summed E-state index contributed by atoms with van der Waals surface area (Å²) in [6.07, 6.45) is 3.22. The van der Waals surface area contributed by atoms with Gasteiger partial charge in [0.25, 0.3) is 0 Å². The Hall–Kier alpha value is -1.51. The number of pyridine rings is 1. The van der Waals surface area contributed by atoms with Gasteiger partial charge in [-0.2, -0.15) is 9.40 Å². The number of sulfonamides is 1. The van der Waals surface area contributed by atoms with Crippen LogP contribution in [0.4, 0.5) is 0 Å². The molecule has 0 aliphatic carbocycles. The van der Waals surface area contributed by atoms with Gasteiger partial charge in [-0.3, -0.25) is 4.68 Å². The highest BCUT2D eigenvalue weighted by Gasteiger charge is 2.35. The quantitative estimate of drug-likeness (QED) is 0.893. The maximum atomic E-state index is 12.9. The first kappa shape index (κ1) is 15.4. The molecule has 1 saturated heterocycles. The zero-order chi connectivity index (χ0) is 15.9. The van der Waals surface area contributed by atoms with E-state index >= 15 is 0 Å². The molecule has 22 heavy (non-hydrogen) atoms. The van der Waals surface area contributed by atoms with E-state index in [1.165, 1.54) is 6.20 Å². The van der Waals surface area contributed by atoms with Crippen molar-refractivity contribution in [2.24, 2.45) is 7.05 Å². The molecule has 0 radical (unpaired) electrons. The van der Waals surface area contributed by atoms with Crippen LogP contribution in [-0.2, 0) is 17.1 Å². The number of hydrogen-bond donors (Lipinski definition) is 1. The molecule has 7 nitrogen and oxygen atoms in total. The van der Waals surface area contributed by atoms with Crippen molar-refractivity contribution >= 4 is 21.1 Å². The van der Waals surface area contributed by atoms with E-state index in [0.29, 0.717) is 18.7 Å². The summed E-state index contributed by atoms with van der Waals surface area (Å²) in [5.74, 6) is 0. The molecule has 2 aromatic heterocycles. The average Bonchev–Trinajstić information content (AvgIpc) is 3.05. The third-order valence-electron chi connectivity index (χ3n) is 4.21. The van der Waals surface area contributed by atoms with Crippen molar-refractivity contribution in [2.75, 3.05) is 20.1 Å². The van der Waals surface area contributed by atoms with Crippen LogP contribution in [0.2, 0.25) is 0 Å². The Kier molecular flexibility index (Phi) is 3.92. The van der Waals surface area contributed by atoms with Gasteiger partial charge < -0.3 is 5.32 Å². The Morgan fingerprint density at radius 1 is 1.45 bits per heavy atom. The van der Waals surface area contributed by atoms with Crippen LogP contribution in [0.5, 0.6) is 0 Å².